The van der Waals surface area contributed by atoms with Crippen molar-refractivity contribution < 1.29 is 18.7 Å². The average Bonchev–Trinajstić information content (AvgIpc) is 2.91. The zero-order valence-electron chi connectivity index (χ0n) is 16.2. The average molecular weight is 435 g/mol. The number of ether oxygens (including phenoxy) is 2. The van der Waals surface area contributed by atoms with Crippen LogP contribution in [0, 0.1) is 5.82 Å². The van der Waals surface area contributed by atoms with E-state index in [1.54, 1.807) is 42.3 Å². The summed E-state index contributed by atoms with van der Waals surface area (Å²) < 4.78 is 24.3. The second-order valence-electron chi connectivity index (χ2n) is 6.37. The van der Waals surface area contributed by atoms with Crippen LogP contribution in [-0.2, 0) is 11.4 Å². The molecular weight excluding hydrogens is 415 g/mol. The minimum absolute atomic E-state index is 0.160. The number of hydrogen-bond acceptors (Lipinski definition) is 4. The summed E-state index contributed by atoms with van der Waals surface area (Å²) in [5.41, 5.74) is 1.92. The van der Waals surface area contributed by atoms with Gasteiger partial charge in [0.05, 0.1) is 12.1 Å². The second-order valence-corrected chi connectivity index (χ2v) is 7.14. The first-order valence-corrected chi connectivity index (χ1v) is 9.70. The fourth-order valence-corrected chi connectivity index (χ4v) is 3.53. The molecule has 0 unspecified atom stereocenters. The highest BCUT2D eigenvalue weighted by molar-refractivity contribution is 7.80. The lowest BCUT2D eigenvalue weighted by Crippen LogP contribution is -2.30. The number of likely N-dealkylation sites (N-methyl/N-ethyl adjacent to an activating group) is 2. The molecule has 29 heavy (non-hydrogen) atoms. The van der Waals surface area contributed by atoms with Crippen LogP contribution in [0.3, 0.4) is 0 Å². The minimum Gasteiger partial charge on any atom is -0.493 e. The predicted octanol–water partition coefficient (Wildman–Crippen LogP) is 4.49. The van der Waals surface area contributed by atoms with Gasteiger partial charge in [-0.2, -0.15) is 0 Å². The molecule has 0 radical (unpaired) electrons. The molecule has 1 saturated heterocycles. The van der Waals surface area contributed by atoms with Crippen LogP contribution in [0.25, 0.3) is 6.08 Å². The Hall–Kier alpha value is -2.64. The van der Waals surface area contributed by atoms with Gasteiger partial charge in [-0.1, -0.05) is 23.7 Å². The van der Waals surface area contributed by atoms with Crippen molar-refractivity contribution in [3.8, 4) is 11.5 Å². The number of methoxy groups -OCH3 is 1. The summed E-state index contributed by atoms with van der Waals surface area (Å²) in [6, 6.07) is 9.43. The highest BCUT2D eigenvalue weighted by Crippen LogP contribution is 2.38. The van der Waals surface area contributed by atoms with Crippen LogP contribution in [0.5, 0.6) is 11.5 Å². The van der Waals surface area contributed by atoms with Gasteiger partial charge in [-0.05, 0) is 60.6 Å². The maximum atomic E-state index is 13.0. The minimum atomic E-state index is -0.311. The fourth-order valence-electron chi connectivity index (χ4n) is 2.95. The summed E-state index contributed by atoms with van der Waals surface area (Å²) in [6.07, 6.45) is 1.71. The number of carbonyl (C=O) groups is 1. The SMILES string of the molecule is CCN1C(=O)/C(=C/c2cc(Cl)c(OCc3ccc(F)cc3)c(OC)c2)N(C)C1=S. The van der Waals surface area contributed by atoms with Crippen molar-refractivity contribution >= 4 is 40.9 Å². The molecule has 0 N–H and O–H groups in total. The molecule has 1 aliphatic heterocycles. The molecule has 0 aromatic heterocycles. The molecule has 1 heterocycles. The van der Waals surface area contributed by atoms with Gasteiger partial charge in [-0.15, -0.1) is 0 Å². The molecule has 5 nitrogen and oxygen atoms in total. The lowest BCUT2D eigenvalue weighted by atomic mass is 10.1. The summed E-state index contributed by atoms with van der Waals surface area (Å²) in [7, 11) is 3.26. The number of rotatable bonds is 6. The van der Waals surface area contributed by atoms with Gasteiger partial charge in [0.1, 0.15) is 18.1 Å². The van der Waals surface area contributed by atoms with Crippen molar-refractivity contribution in [2.45, 2.75) is 13.5 Å². The highest BCUT2D eigenvalue weighted by Gasteiger charge is 2.34. The molecule has 152 valence electrons. The third-order valence-electron chi connectivity index (χ3n) is 4.51. The first kappa shape index (κ1) is 21.1. The standard InChI is InChI=1S/C21H20ClFN2O3S/c1-4-25-20(26)17(24(2)21(25)29)10-14-9-16(22)19(18(11-14)27-3)28-12-13-5-7-15(23)8-6-13/h5-11H,4,12H2,1-3H3/b17-10-. The van der Waals surface area contributed by atoms with Crippen LogP contribution < -0.4 is 9.47 Å². The molecule has 1 aliphatic rings. The van der Waals surface area contributed by atoms with E-state index in [-0.39, 0.29) is 18.3 Å². The summed E-state index contributed by atoms with van der Waals surface area (Å²) in [4.78, 5) is 15.8. The maximum Gasteiger partial charge on any atom is 0.276 e. The third-order valence-corrected chi connectivity index (χ3v) is 5.29. The van der Waals surface area contributed by atoms with E-state index in [0.717, 1.165) is 5.56 Å². The Balaban J connectivity index is 1.87. The fraction of sp³-hybridized carbons (Fsp3) is 0.238. The predicted molar refractivity (Wildman–Crippen MR) is 114 cm³/mol. The van der Waals surface area contributed by atoms with Crippen LogP contribution in [-0.4, -0.2) is 41.5 Å². The number of hydrogen-bond donors (Lipinski definition) is 0. The molecule has 0 bridgehead atoms. The van der Waals surface area contributed by atoms with Crippen LogP contribution in [0.4, 0.5) is 4.39 Å². The van der Waals surface area contributed by atoms with E-state index < -0.39 is 0 Å². The van der Waals surface area contributed by atoms with Gasteiger partial charge in [-0.25, -0.2) is 4.39 Å². The molecule has 3 rings (SSSR count). The van der Waals surface area contributed by atoms with Crippen molar-refractivity contribution in [1.82, 2.24) is 9.80 Å². The van der Waals surface area contributed by atoms with E-state index in [1.807, 2.05) is 6.92 Å². The van der Waals surface area contributed by atoms with E-state index in [4.69, 9.17) is 33.3 Å². The topological polar surface area (TPSA) is 42.0 Å². The zero-order valence-corrected chi connectivity index (χ0v) is 17.8. The Morgan fingerprint density at radius 2 is 1.93 bits per heavy atom. The number of benzene rings is 2. The number of thiocarbonyl (C=S) groups is 1. The van der Waals surface area contributed by atoms with Crippen LogP contribution in [0.15, 0.2) is 42.1 Å². The van der Waals surface area contributed by atoms with Crippen LogP contribution >= 0.6 is 23.8 Å². The number of halogens is 2. The Morgan fingerprint density at radius 1 is 1.24 bits per heavy atom. The monoisotopic (exact) mass is 434 g/mol. The van der Waals surface area contributed by atoms with Gasteiger partial charge >= 0.3 is 0 Å². The molecule has 2 aromatic rings. The lowest BCUT2D eigenvalue weighted by Gasteiger charge is -2.14. The molecule has 0 spiro atoms. The van der Waals surface area contributed by atoms with Gasteiger partial charge in [0.25, 0.3) is 5.91 Å². The summed E-state index contributed by atoms with van der Waals surface area (Å²) in [6.45, 7) is 2.57. The lowest BCUT2D eigenvalue weighted by molar-refractivity contribution is -0.122. The second kappa shape index (κ2) is 8.80. The van der Waals surface area contributed by atoms with Gasteiger partial charge in [0.2, 0.25) is 0 Å². The molecule has 8 heteroatoms. The summed E-state index contributed by atoms with van der Waals surface area (Å²) in [5, 5.41) is 0.794. The Labute approximate surface area is 179 Å². The maximum absolute atomic E-state index is 13.0. The van der Waals surface area contributed by atoms with E-state index >= 15 is 0 Å². The Morgan fingerprint density at radius 3 is 2.52 bits per heavy atom. The first-order chi connectivity index (χ1) is 13.8. The number of nitrogens with zero attached hydrogens (tertiary/aromatic N) is 2. The van der Waals surface area contributed by atoms with Gasteiger partial charge in [0.15, 0.2) is 16.6 Å². The van der Waals surface area contributed by atoms with E-state index in [9.17, 15) is 9.18 Å². The molecule has 2 aromatic carbocycles. The Bertz CT molecular complexity index is 979. The molecular formula is C21H20ClFN2O3S. The van der Waals surface area contributed by atoms with Crippen LogP contribution in [0.2, 0.25) is 5.02 Å². The first-order valence-electron chi connectivity index (χ1n) is 8.91. The van der Waals surface area contributed by atoms with Crippen molar-refractivity contribution in [1.29, 1.82) is 0 Å². The highest BCUT2D eigenvalue weighted by atomic mass is 35.5. The number of carbonyl (C=O) groups excluding carboxylic acids is 1. The van der Waals surface area contributed by atoms with E-state index in [1.165, 1.54) is 24.1 Å². The summed E-state index contributed by atoms with van der Waals surface area (Å²) >= 11 is 11.7. The molecule has 0 atom stereocenters. The molecule has 0 aliphatic carbocycles. The largest absolute Gasteiger partial charge is 0.493 e. The van der Waals surface area contributed by atoms with Gasteiger partial charge in [0, 0.05) is 13.6 Å². The van der Waals surface area contributed by atoms with Crippen molar-refractivity contribution in [2.75, 3.05) is 20.7 Å². The van der Waals surface area contributed by atoms with Crippen molar-refractivity contribution in [3.05, 3.63) is 64.1 Å². The smallest absolute Gasteiger partial charge is 0.276 e. The van der Waals surface area contributed by atoms with Crippen LogP contribution in [0.1, 0.15) is 18.1 Å². The quantitative estimate of drug-likeness (QED) is 0.495. The van der Waals surface area contributed by atoms with Gasteiger partial charge in [-0.3, -0.25) is 9.69 Å². The Kier molecular flexibility index (Phi) is 6.39. The normalized spacial score (nSPS) is 15.4. The molecule has 0 saturated carbocycles. The van der Waals surface area contributed by atoms with E-state index in [0.29, 0.717) is 39.4 Å². The molecule has 1 amide bonds. The summed E-state index contributed by atoms with van der Waals surface area (Å²) in [5.74, 6) is 0.327. The third kappa shape index (κ3) is 4.36. The zero-order chi connectivity index (χ0) is 21.1. The van der Waals surface area contributed by atoms with E-state index in [2.05, 4.69) is 0 Å². The number of amides is 1. The molecule has 1 fully saturated rings. The van der Waals surface area contributed by atoms with Gasteiger partial charge < -0.3 is 14.4 Å². The van der Waals surface area contributed by atoms with Crippen molar-refractivity contribution in [2.24, 2.45) is 0 Å². The van der Waals surface area contributed by atoms with Crippen molar-refractivity contribution in [3.63, 3.8) is 0 Å².